The van der Waals surface area contributed by atoms with Gasteiger partial charge >= 0.3 is 0 Å². The average molecular weight is 487 g/mol. The van der Waals surface area contributed by atoms with Gasteiger partial charge in [-0.3, -0.25) is 9.69 Å². The van der Waals surface area contributed by atoms with Crippen LogP contribution in [0.5, 0.6) is 17.2 Å². The Balaban J connectivity index is 1.33. The van der Waals surface area contributed by atoms with Crippen LogP contribution < -0.4 is 14.2 Å². The molecule has 0 spiro atoms. The van der Waals surface area contributed by atoms with Crippen LogP contribution in [0.15, 0.2) is 66.7 Å². The van der Waals surface area contributed by atoms with Crippen LogP contribution in [0.3, 0.4) is 0 Å². The highest BCUT2D eigenvalue weighted by atomic mass is 16.7. The first-order valence-corrected chi connectivity index (χ1v) is 12.7. The van der Waals surface area contributed by atoms with Gasteiger partial charge in [0.2, 0.25) is 6.79 Å². The lowest BCUT2D eigenvalue weighted by atomic mass is 9.98. The molecule has 3 aromatic rings. The summed E-state index contributed by atoms with van der Waals surface area (Å²) in [4.78, 5) is 17.0. The van der Waals surface area contributed by atoms with E-state index in [4.69, 9.17) is 14.2 Å². The average Bonchev–Trinajstić information content (AvgIpc) is 3.36. The molecule has 1 amide bonds. The fourth-order valence-electron chi connectivity index (χ4n) is 4.97. The number of carbonyl (C=O) groups is 1. The molecular weight excluding hydrogens is 452 g/mol. The van der Waals surface area contributed by atoms with E-state index in [0.29, 0.717) is 12.5 Å². The van der Waals surface area contributed by atoms with E-state index in [-0.39, 0.29) is 19.3 Å². The van der Waals surface area contributed by atoms with Gasteiger partial charge in [0.25, 0.3) is 5.91 Å². The molecule has 2 aliphatic heterocycles. The Morgan fingerprint density at radius 2 is 1.81 bits per heavy atom. The smallest absolute Gasteiger partial charge is 0.260 e. The van der Waals surface area contributed by atoms with E-state index >= 15 is 0 Å². The zero-order valence-electron chi connectivity index (χ0n) is 21.1. The van der Waals surface area contributed by atoms with Crippen molar-refractivity contribution in [1.82, 2.24) is 9.80 Å². The van der Waals surface area contributed by atoms with Crippen molar-refractivity contribution in [3.63, 3.8) is 0 Å². The predicted octanol–water partition coefficient (Wildman–Crippen LogP) is 5.35. The van der Waals surface area contributed by atoms with E-state index in [2.05, 4.69) is 24.0 Å². The number of rotatable bonds is 8. The molecule has 2 heterocycles. The molecule has 0 aliphatic carbocycles. The van der Waals surface area contributed by atoms with E-state index in [1.54, 1.807) is 4.90 Å². The second-order valence-electron chi connectivity index (χ2n) is 9.90. The van der Waals surface area contributed by atoms with Gasteiger partial charge in [0.05, 0.1) is 0 Å². The molecule has 2 aliphatic rings. The highest BCUT2D eigenvalue weighted by molar-refractivity contribution is 5.77. The number of fused-ring (bicyclic) bond motifs is 1. The van der Waals surface area contributed by atoms with Crippen molar-refractivity contribution < 1.29 is 19.0 Å². The van der Waals surface area contributed by atoms with Crippen molar-refractivity contribution in [1.29, 1.82) is 0 Å². The van der Waals surface area contributed by atoms with Gasteiger partial charge in [0.1, 0.15) is 5.75 Å². The number of carbonyl (C=O) groups excluding carboxylic acids is 1. The number of hydrogen-bond acceptors (Lipinski definition) is 5. The van der Waals surface area contributed by atoms with Crippen LogP contribution in [-0.2, 0) is 17.9 Å². The molecule has 1 saturated heterocycles. The number of benzene rings is 3. The van der Waals surface area contributed by atoms with E-state index in [1.807, 2.05) is 61.6 Å². The van der Waals surface area contributed by atoms with Gasteiger partial charge in [-0.1, -0.05) is 49.4 Å². The van der Waals surface area contributed by atoms with Gasteiger partial charge in [-0.25, -0.2) is 0 Å². The molecule has 36 heavy (non-hydrogen) atoms. The second kappa shape index (κ2) is 11.0. The first-order valence-electron chi connectivity index (χ1n) is 12.7. The van der Waals surface area contributed by atoms with Crippen molar-refractivity contribution in [2.24, 2.45) is 5.92 Å². The fraction of sp³-hybridized carbons (Fsp3) is 0.367. The molecule has 6 heteroatoms. The highest BCUT2D eigenvalue weighted by Gasteiger charge is 2.20. The number of nitrogens with zero attached hydrogens (tertiary/aromatic N) is 2. The zero-order chi connectivity index (χ0) is 24.9. The van der Waals surface area contributed by atoms with Gasteiger partial charge in [-0.15, -0.1) is 0 Å². The Hall–Kier alpha value is -3.51. The second-order valence-corrected chi connectivity index (χ2v) is 9.90. The third kappa shape index (κ3) is 5.82. The summed E-state index contributed by atoms with van der Waals surface area (Å²) in [5, 5.41) is 0. The number of amides is 1. The number of piperidine rings is 1. The maximum absolute atomic E-state index is 12.8. The number of ether oxygens (including phenoxy) is 3. The van der Waals surface area contributed by atoms with Crippen LogP contribution in [0, 0.1) is 5.92 Å². The highest BCUT2D eigenvalue weighted by Crippen LogP contribution is 2.37. The molecule has 5 rings (SSSR count). The standard InChI is InChI=1S/C30H34N2O4/c1-22-7-6-14-32(17-22)19-26-15-24(25-11-13-28-29(16-25)36-21-35-28)10-12-27(26)34-20-30(33)31(2)18-23-8-4-3-5-9-23/h3-5,8-13,15-16,22H,6-7,14,17-21H2,1-2H3. The third-order valence-electron chi connectivity index (χ3n) is 6.94. The summed E-state index contributed by atoms with van der Waals surface area (Å²) >= 11 is 0. The fourth-order valence-corrected chi connectivity index (χ4v) is 4.97. The van der Waals surface area contributed by atoms with Crippen LogP contribution in [0.2, 0.25) is 0 Å². The Morgan fingerprint density at radius 1 is 1.03 bits per heavy atom. The molecule has 0 aromatic heterocycles. The molecule has 3 aromatic carbocycles. The molecular formula is C30H34N2O4. The first kappa shape index (κ1) is 24.2. The minimum atomic E-state index is -0.0451. The minimum Gasteiger partial charge on any atom is -0.483 e. The third-order valence-corrected chi connectivity index (χ3v) is 6.94. The van der Waals surface area contributed by atoms with Gasteiger partial charge in [-0.2, -0.15) is 0 Å². The summed E-state index contributed by atoms with van der Waals surface area (Å²) in [5.74, 6) is 2.95. The van der Waals surface area contributed by atoms with Gasteiger partial charge < -0.3 is 19.1 Å². The number of likely N-dealkylation sites (tertiary alicyclic amines) is 1. The van der Waals surface area contributed by atoms with Crippen molar-refractivity contribution in [2.45, 2.75) is 32.9 Å². The van der Waals surface area contributed by atoms with Crippen molar-refractivity contribution in [3.05, 3.63) is 77.9 Å². The SMILES string of the molecule is CC1CCCN(Cc2cc(-c3ccc4c(c3)OCO4)ccc2OCC(=O)N(C)Cc2ccccc2)C1. The van der Waals surface area contributed by atoms with E-state index in [9.17, 15) is 4.79 Å². The number of likely N-dealkylation sites (N-methyl/N-ethyl adjacent to an activating group) is 1. The largest absolute Gasteiger partial charge is 0.483 e. The lowest BCUT2D eigenvalue weighted by Crippen LogP contribution is -2.34. The molecule has 1 unspecified atom stereocenters. The Kier molecular flexibility index (Phi) is 7.42. The molecule has 0 N–H and O–H groups in total. The monoisotopic (exact) mass is 486 g/mol. The summed E-state index contributed by atoms with van der Waals surface area (Å²) in [6.07, 6.45) is 2.49. The maximum atomic E-state index is 12.8. The lowest BCUT2D eigenvalue weighted by Gasteiger charge is -2.31. The topological polar surface area (TPSA) is 51.2 Å². The van der Waals surface area contributed by atoms with E-state index < -0.39 is 0 Å². The summed E-state index contributed by atoms with van der Waals surface area (Å²) in [7, 11) is 1.82. The quantitative estimate of drug-likeness (QED) is 0.430. The van der Waals surface area contributed by atoms with Crippen molar-refractivity contribution in [3.8, 4) is 28.4 Å². The minimum absolute atomic E-state index is 0.0100. The molecule has 1 fully saturated rings. The van der Waals surface area contributed by atoms with Gasteiger partial charge in [0.15, 0.2) is 18.1 Å². The Morgan fingerprint density at radius 3 is 2.64 bits per heavy atom. The Bertz CT molecular complexity index is 1200. The molecule has 0 radical (unpaired) electrons. The molecule has 188 valence electrons. The van der Waals surface area contributed by atoms with Gasteiger partial charge in [-0.05, 0) is 66.3 Å². The maximum Gasteiger partial charge on any atom is 0.260 e. The number of hydrogen-bond donors (Lipinski definition) is 0. The lowest BCUT2D eigenvalue weighted by molar-refractivity contribution is -0.132. The normalized spacial score (nSPS) is 17.1. The summed E-state index contributed by atoms with van der Waals surface area (Å²) in [6.45, 7) is 6.10. The van der Waals surface area contributed by atoms with Crippen LogP contribution in [0.4, 0.5) is 0 Å². The van der Waals surface area contributed by atoms with Crippen molar-refractivity contribution >= 4 is 5.91 Å². The predicted molar refractivity (Wildman–Crippen MR) is 140 cm³/mol. The summed E-state index contributed by atoms with van der Waals surface area (Å²) in [6, 6.07) is 22.3. The Labute approximate surface area is 213 Å². The first-order chi connectivity index (χ1) is 17.5. The van der Waals surface area contributed by atoms with Crippen molar-refractivity contribution in [2.75, 3.05) is 33.5 Å². The molecule has 6 nitrogen and oxygen atoms in total. The molecule has 0 bridgehead atoms. The summed E-state index contributed by atoms with van der Waals surface area (Å²) < 4.78 is 17.2. The molecule has 0 saturated carbocycles. The van der Waals surface area contributed by atoms with Crippen LogP contribution in [0.1, 0.15) is 30.9 Å². The van der Waals surface area contributed by atoms with Crippen LogP contribution in [-0.4, -0.2) is 49.2 Å². The zero-order valence-corrected chi connectivity index (χ0v) is 21.1. The van der Waals surface area contributed by atoms with E-state index in [1.165, 1.54) is 12.8 Å². The van der Waals surface area contributed by atoms with Gasteiger partial charge in [0, 0.05) is 32.2 Å². The summed E-state index contributed by atoms with van der Waals surface area (Å²) in [5.41, 5.74) is 4.35. The van der Waals surface area contributed by atoms with Crippen LogP contribution >= 0.6 is 0 Å². The van der Waals surface area contributed by atoms with Crippen LogP contribution in [0.25, 0.3) is 11.1 Å². The van der Waals surface area contributed by atoms with E-state index in [0.717, 1.165) is 59.1 Å². The molecule has 1 atom stereocenters.